The van der Waals surface area contributed by atoms with E-state index in [2.05, 4.69) is 66.7 Å². The van der Waals surface area contributed by atoms with Gasteiger partial charge in [-0.2, -0.15) is 0 Å². The topological polar surface area (TPSA) is 37.3 Å². The van der Waals surface area contributed by atoms with Crippen molar-refractivity contribution in [1.29, 1.82) is 0 Å². The molecule has 0 heterocycles. The van der Waals surface area contributed by atoms with Gasteiger partial charge in [0.25, 0.3) is 0 Å². The normalized spacial score (nSPS) is 17.9. The van der Waals surface area contributed by atoms with E-state index in [0.717, 1.165) is 35.1 Å². The van der Waals surface area contributed by atoms with Crippen molar-refractivity contribution in [2.75, 3.05) is 0 Å². The quantitative estimate of drug-likeness (QED) is 0.629. The first kappa shape index (κ1) is 20.9. The Morgan fingerprint density at radius 3 is 2.04 bits per heavy atom. The predicted molar refractivity (Wildman–Crippen MR) is 117 cm³/mol. The van der Waals surface area contributed by atoms with E-state index in [4.69, 9.17) is 0 Å². The van der Waals surface area contributed by atoms with Gasteiger partial charge >= 0.3 is 0 Å². The van der Waals surface area contributed by atoms with Crippen molar-refractivity contribution in [2.45, 2.75) is 91.4 Å². The number of allylic oxidation sites excluding steroid dienone is 4. The molecule has 1 N–H and O–H groups in total. The van der Waals surface area contributed by atoms with Crippen LogP contribution in [0.5, 0.6) is 5.75 Å². The maximum absolute atomic E-state index is 13.0. The number of hydrogen-bond acceptors (Lipinski definition) is 2. The van der Waals surface area contributed by atoms with Crippen LogP contribution < -0.4 is 0 Å². The van der Waals surface area contributed by atoms with E-state index in [-0.39, 0.29) is 10.8 Å². The highest BCUT2D eigenvalue weighted by molar-refractivity contribution is 5.98. The number of phenolic OH excluding ortho intramolecular Hbond substituents is 1. The Morgan fingerprint density at radius 1 is 1.04 bits per heavy atom. The Kier molecular flexibility index (Phi) is 5.38. The van der Waals surface area contributed by atoms with Crippen LogP contribution in [-0.4, -0.2) is 10.9 Å². The average molecular weight is 381 g/mol. The number of Topliss-reactive ketones (excluding diaryl/α,β-unsaturated/α-hetero) is 1. The molecule has 0 unspecified atom stereocenters. The van der Waals surface area contributed by atoms with Crippen LogP contribution in [0.15, 0.2) is 34.9 Å². The molecule has 1 aromatic rings. The molecule has 0 radical (unpaired) electrons. The molecular weight excluding hydrogens is 344 g/mol. The number of carbonyl (C=O) groups excluding carboxylic acids is 1. The molecule has 2 aliphatic rings. The van der Waals surface area contributed by atoms with Gasteiger partial charge in [-0.3, -0.25) is 4.79 Å². The van der Waals surface area contributed by atoms with Gasteiger partial charge in [0.2, 0.25) is 0 Å². The Bertz CT molecular complexity index is 814. The molecule has 152 valence electrons. The van der Waals surface area contributed by atoms with E-state index < -0.39 is 0 Å². The summed E-state index contributed by atoms with van der Waals surface area (Å²) in [4.78, 5) is 13.0. The first-order valence-corrected chi connectivity index (χ1v) is 10.7. The first-order valence-electron chi connectivity index (χ1n) is 10.7. The third kappa shape index (κ3) is 4.42. The van der Waals surface area contributed by atoms with E-state index in [1.807, 2.05) is 0 Å². The number of carbonyl (C=O) groups is 1. The number of benzene rings is 1. The molecule has 0 aromatic heterocycles. The maximum Gasteiger partial charge on any atom is 0.159 e. The van der Waals surface area contributed by atoms with E-state index >= 15 is 0 Å². The number of phenols is 1. The smallest absolute Gasteiger partial charge is 0.159 e. The lowest BCUT2D eigenvalue weighted by Crippen LogP contribution is -2.18. The summed E-state index contributed by atoms with van der Waals surface area (Å²) < 4.78 is 0. The summed E-state index contributed by atoms with van der Waals surface area (Å²) in [6.45, 7) is 14.9. The van der Waals surface area contributed by atoms with Crippen molar-refractivity contribution in [3.05, 3.63) is 51.6 Å². The Labute approximate surface area is 170 Å². The van der Waals surface area contributed by atoms with Gasteiger partial charge in [0.15, 0.2) is 5.78 Å². The second-order valence-electron chi connectivity index (χ2n) is 10.8. The van der Waals surface area contributed by atoms with Gasteiger partial charge in [0.1, 0.15) is 5.75 Å². The minimum Gasteiger partial charge on any atom is -0.507 e. The van der Waals surface area contributed by atoms with Crippen molar-refractivity contribution >= 4 is 5.78 Å². The molecule has 1 aromatic carbocycles. The van der Waals surface area contributed by atoms with Crippen LogP contribution in [-0.2, 0) is 22.0 Å². The van der Waals surface area contributed by atoms with E-state index in [9.17, 15) is 9.90 Å². The Hall–Kier alpha value is -1.83. The van der Waals surface area contributed by atoms with Crippen molar-refractivity contribution in [3.8, 4) is 5.75 Å². The molecule has 1 saturated carbocycles. The summed E-state index contributed by atoms with van der Waals surface area (Å²) in [5.74, 6) is 1.34. The van der Waals surface area contributed by atoms with Crippen LogP contribution in [0.25, 0.3) is 0 Å². The van der Waals surface area contributed by atoms with Gasteiger partial charge in [0, 0.05) is 12.0 Å². The molecule has 0 spiro atoms. The molecule has 2 aliphatic carbocycles. The molecule has 0 bridgehead atoms. The van der Waals surface area contributed by atoms with Gasteiger partial charge < -0.3 is 5.11 Å². The summed E-state index contributed by atoms with van der Waals surface area (Å²) in [6, 6.07) is 4.21. The van der Waals surface area contributed by atoms with Crippen LogP contribution in [0.2, 0.25) is 0 Å². The summed E-state index contributed by atoms with van der Waals surface area (Å²) >= 11 is 0. The van der Waals surface area contributed by atoms with Crippen LogP contribution in [0, 0.1) is 5.92 Å². The zero-order chi connectivity index (χ0) is 20.9. The average Bonchev–Trinajstić information content (AvgIpc) is 3.33. The molecule has 2 nitrogen and oxygen atoms in total. The lowest BCUT2D eigenvalue weighted by atomic mass is 9.78. The van der Waals surface area contributed by atoms with Gasteiger partial charge in [-0.15, -0.1) is 0 Å². The molecule has 3 rings (SSSR count). The van der Waals surface area contributed by atoms with Crippen LogP contribution in [0.4, 0.5) is 0 Å². The van der Waals surface area contributed by atoms with Crippen molar-refractivity contribution < 1.29 is 9.90 Å². The standard InChI is InChI=1S/C26H36O2/c1-16-12-19(18-9-10-18)20(13-16)23(27)11-8-17-14-21(25(2,3)4)24(28)22(15-17)26(5,6)7/h12,14-15,18,28H,8-11,13H2,1-7H3. The molecule has 1 fully saturated rings. The molecular formula is C26H36O2. The van der Waals surface area contributed by atoms with Crippen LogP contribution in [0.1, 0.15) is 90.8 Å². The third-order valence-corrected chi connectivity index (χ3v) is 5.99. The fourth-order valence-electron chi connectivity index (χ4n) is 4.19. The van der Waals surface area contributed by atoms with E-state index in [1.165, 1.54) is 24.0 Å². The van der Waals surface area contributed by atoms with Crippen molar-refractivity contribution in [3.63, 3.8) is 0 Å². The lowest BCUT2D eigenvalue weighted by molar-refractivity contribution is -0.115. The fraction of sp³-hybridized carbons (Fsp3) is 0.577. The van der Waals surface area contributed by atoms with Gasteiger partial charge in [-0.1, -0.05) is 65.3 Å². The highest BCUT2D eigenvalue weighted by atomic mass is 16.3. The zero-order valence-electron chi connectivity index (χ0n) is 18.7. The Morgan fingerprint density at radius 2 is 1.57 bits per heavy atom. The molecule has 0 saturated heterocycles. The minimum absolute atomic E-state index is 0.141. The Balaban J connectivity index is 1.84. The molecule has 0 amide bonds. The van der Waals surface area contributed by atoms with E-state index in [1.54, 1.807) is 0 Å². The second kappa shape index (κ2) is 7.21. The van der Waals surface area contributed by atoms with Crippen molar-refractivity contribution in [2.24, 2.45) is 5.92 Å². The van der Waals surface area contributed by atoms with Gasteiger partial charge in [-0.25, -0.2) is 0 Å². The fourth-order valence-corrected chi connectivity index (χ4v) is 4.19. The lowest BCUT2D eigenvalue weighted by Gasteiger charge is -2.28. The zero-order valence-corrected chi connectivity index (χ0v) is 18.7. The van der Waals surface area contributed by atoms with Crippen LogP contribution >= 0.6 is 0 Å². The molecule has 28 heavy (non-hydrogen) atoms. The van der Waals surface area contributed by atoms with Crippen LogP contribution in [0.3, 0.4) is 0 Å². The van der Waals surface area contributed by atoms with E-state index in [0.29, 0.717) is 23.9 Å². The van der Waals surface area contributed by atoms with Crippen molar-refractivity contribution in [1.82, 2.24) is 0 Å². The minimum atomic E-state index is -0.141. The number of hydrogen-bond donors (Lipinski definition) is 1. The third-order valence-electron chi connectivity index (χ3n) is 5.99. The maximum atomic E-state index is 13.0. The number of aromatic hydroxyl groups is 1. The summed E-state index contributed by atoms with van der Waals surface area (Å²) in [5, 5.41) is 10.9. The highest BCUT2D eigenvalue weighted by Gasteiger charge is 2.32. The summed E-state index contributed by atoms with van der Waals surface area (Å²) in [6.07, 6.45) is 6.83. The van der Waals surface area contributed by atoms with Gasteiger partial charge in [0.05, 0.1) is 0 Å². The summed E-state index contributed by atoms with van der Waals surface area (Å²) in [7, 11) is 0. The summed E-state index contributed by atoms with van der Waals surface area (Å²) in [5.41, 5.74) is 6.51. The monoisotopic (exact) mass is 380 g/mol. The SMILES string of the molecule is CC1=CC(C2CC2)=C(C(=O)CCc2cc(C(C)(C)C)c(O)c(C(C)(C)C)c2)C1. The largest absolute Gasteiger partial charge is 0.507 e. The predicted octanol–water partition coefficient (Wildman–Crippen LogP) is 6.55. The van der Waals surface area contributed by atoms with Gasteiger partial charge in [-0.05, 0) is 71.6 Å². The number of rotatable bonds is 5. The molecule has 2 heteroatoms. The second-order valence-corrected chi connectivity index (χ2v) is 10.8. The number of ketones is 1. The molecule has 0 atom stereocenters. The molecule has 0 aliphatic heterocycles. The highest BCUT2D eigenvalue weighted by Crippen LogP contribution is 2.44. The first-order chi connectivity index (χ1) is 12.9. The number of aryl methyl sites for hydroxylation is 1.